The quantitative estimate of drug-likeness (QED) is 0.895. The molecule has 0 saturated carbocycles. The standard InChI is InChI=1S/C16H23FN2O2/c1-10-6-7-12(8-13(10)17)9-18-14(20)11(2)19-15(21)16(3,4)5/h6-8,11H,9H2,1-5H3,(H,18,20)(H,19,21). The second-order valence-electron chi connectivity index (χ2n) is 6.25. The number of carbonyl (C=O) groups excluding carboxylic acids is 2. The largest absolute Gasteiger partial charge is 0.350 e. The van der Waals surface area contributed by atoms with Gasteiger partial charge in [0.05, 0.1) is 0 Å². The van der Waals surface area contributed by atoms with Gasteiger partial charge in [0.2, 0.25) is 11.8 Å². The van der Waals surface area contributed by atoms with Crippen molar-refractivity contribution in [3.05, 3.63) is 35.1 Å². The van der Waals surface area contributed by atoms with Crippen LogP contribution < -0.4 is 10.6 Å². The first-order valence-electron chi connectivity index (χ1n) is 6.95. The van der Waals surface area contributed by atoms with E-state index in [9.17, 15) is 14.0 Å². The molecule has 2 amide bonds. The zero-order valence-corrected chi connectivity index (χ0v) is 13.2. The molecule has 0 aromatic heterocycles. The van der Waals surface area contributed by atoms with Crippen molar-refractivity contribution in [3.63, 3.8) is 0 Å². The van der Waals surface area contributed by atoms with Gasteiger partial charge in [-0.15, -0.1) is 0 Å². The molecule has 0 aliphatic carbocycles. The Kier molecular flexibility index (Phi) is 5.47. The number of rotatable bonds is 4. The first-order valence-corrected chi connectivity index (χ1v) is 6.95. The van der Waals surface area contributed by atoms with Crippen molar-refractivity contribution in [1.29, 1.82) is 0 Å². The van der Waals surface area contributed by atoms with Crippen molar-refractivity contribution in [2.75, 3.05) is 0 Å². The third-order valence-corrected chi connectivity index (χ3v) is 3.13. The maximum Gasteiger partial charge on any atom is 0.242 e. The van der Waals surface area contributed by atoms with Gasteiger partial charge in [0.15, 0.2) is 0 Å². The number of hydrogen-bond acceptors (Lipinski definition) is 2. The second-order valence-corrected chi connectivity index (χ2v) is 6.25. The molecular formula is C16H23FN2O2. The monoisotopic (exact) mass is 294 g/mol. The average Bonchev–Trinajstić information content (AvgIpc) is 2.38. The number of aryl methyl sites for hydroxylation is 1. The normalized spacial score (nSPS) is 12.7. The topological polar surface area (TPSA) is 58.2 Å². The highest BCUT2D eigenvalue weighted by Crippen LogP contribution is 2.13. The van der Waals surface area contributed by atoms with Gasteiger partial charge in [0.25, 0.3) is 0 Å². The van der Waals surface area contributed by atoms with E-state index in [2.05, 4.69) is 10.6 Å². The molecule has 0 heterocycles. The third kappa shape index (κ3) is 5.17. The van der Waals surface area contributed by atoms with Gasteiger partial charge in [-0.25, -0.2) is 4.39 Å². The molecule has 0 radical (unpaired) electrons. The molecule has 0 bridgehead atoms. The van der Waals surface area contributed by atoms with E-state index in [-0.39, 0.29) is 24.2 Å². The summed E-state index contributed by atoms with van der Waals surface area (Å²) in [6, 6.07) is 4.19. The summed E-state index contributed by atoms with van der Waals surface area (Å²) in [4.78, 5) is 23.7. The fraction of sp³-hybridized carbons (Fsp3) is 0.500. The van der Waals surface area contributed by atoms with Crippen LogP contribution >= 0.6 is 0 Å². The lowest BCUT2D eigenvalue weighted by Crippen LogP contribution is -2.48. The molecule has 0 spiro atoms. The van der Waals surface area contributed by atoms with Gasteiger partial charge in [0, 0.05) is 12.0 Å². The van der Waals surface area contributed by atoms with E-state index in [4.69, 9.17) is 0 Å². The fourth-order valence-corrected chi connectivity index (χ4v) is 1.57. The zero-order chi connectivity index (χ0) is 16.2. The van der Waals surface area contributed by atoms with Crippen molar-refractivity contribution >= 4 is 11.8 Å². The summed E-state index contributed by atoms with van der Waals surface area (Å²) in [5.41, 5.74) is 0.700. The minimum absolute atomic E-state index is 0.188. The van der Waals surface area contributed by atoms with Crippen molar-refractivity contribution in [3.8, 4) is 0 Å². The van der Waals surface area contributed by atoms with Gasteiger partial charge in [-0.3, -0.25) is 9.59 Å². The summed E-state index contributed by atoms with van der Waals surface area (Å²) in [5.74, 6) is -0.782. The van der Waals surface area contributed by atoms with E-state index in [0.29, 0.717) is 11.1 Å². The highest BCUT2D eigenvalue weighted by molar-refractivity contribution is 5.89. The van der Waals surface area contributed by atoms with Crippen LogP contribution in [-0.4, -0.2) is 17.9 Å². The van der Waals surface area contributed by atoms with Gasteiger partial charge >= 0.3 is 0 Å². The number of carbonyl (C=O) groups is 2. The molecule has 5 heteroatoms. The Labute approximate surface area is 125 Å². The maximum atomic E-state index is 13.4. The minimum atomic E-state index is -0.632. The summed E-state index contributed by atoms with van der Waals surface area (Å²) in [7, 11) is 0. The average molecular weight is 294 g/mol. The molecule has 116 valence electrons. The maximum absolute atomic E-state index is 13.4. The van der Waals surface area contributed by atoms with Gasteiger partial charge < -0.3 is 10.6 Å². The number of hydrogen-bond donors (Lipinski definition) is 2. The van der Waals surface area contributed by atoms with Crippen LogP contribution in [0, 0.1) is 18.2 Å². The molecule has 0 fully saturated rings. The van der Waals surface area contributed by atoms with E-state index in [0.717, 1.165) is 0 Å². The van der Waals surface area contributed by atoms with Gasteiger partial charge in [-0.2, -0.15) is 0 Å². The van der Waals surface area contributed by atoms with Crippen LogP contribution in [0.25, 0.3) is 0 Å². The molecule has 0 aliphatic rings. The Bertz CT molecular complexity index is 536. The minimum Gasteiger partial charge on any atom is -0.350 e. The first-order chi connectivity index (χ1) is 9.61. The van der Waals surface area contributed by atoms with Crippen LogP contribution in [0.3, 0.4) is 0 Å². The Hall–Kier alpha value is -1.91. The smallest absolute Gasteiger partial charge is 0.242 e. The molecule has 2 N–H and O–H groups in total. The summed E-state index contributed by atoms with van der Waals surface area (Å²) in [6.07, 6.45) is 0. The van der Waals surface area contributed by atoms with E-state index in [1.165, 1.54) is 6.07 Å². The highest BCUT2D eigenvalue weighted by atomic mass is 19.1. The molecule has 21 heavy (non-hydrogen) atoms. The zero-order valence-electron chi connectivity index (χ0n) is 13.2. The van der Waals surface area contributed by atoms with Crippen molar-refractivity contribution < 1.29 is 14.0 Å². The van der Waals surface area contributed by atoms with Crippen LogP contribution in [0.5, 0.6) is 0 Å². The van der Waals surface area contributed by atoms with E-state index in [1.54, 1.807) is 46.8 Å². The lowest BCUT2D eigenvalue weighted by atomic mass is 9.95. The molecule has 1 aromatic carbocycles. The molecule has 1 aromatic rings. The van der Waals surface area contributed by atoms with Crippen molar-refractivity contribution in [2.24, 2.45) is 5.41 Å². The van der Waals surface area contributed by atoms with Gasteiger partial charge in [-0.1, -0.05) is 32.9 Å². The van der Waals surface area contributed by atoms with Gasteiger partial charge in [-0.05, 0) is 31.0 Å². The van der Waals surface area contributed by atoms with Crippen LogP contribution in [-0.2, 0) is 16.1 Å². The van der Waals surface area contributed by atoms with Crippen molar-refractivity contribution in [2.45, 2.75) is 47.2 Å². The van der Waals surface area contributed by atoms with E-state index < -0.39 is 11.5 Å². The Morgan fingerprint density at radius 3 is 2.43 bits per heavy atom. The van der Waals surface area contributed by atoms with Gasteiger partial charge in [0.1, 0.15) is 11.9 Å². The van der Waals surface area contributed by atoms with Crippen LogP contribution in [0.2, 0.25) is 0 Å². The number of amides is 2. The van der Waals surface area contributed by atoms with Crippen molar-refractivity contribution in [1.82, 2.24) is 10.6 Å². The SMILES string of the molecule is Cc1ccc(CNC(=O)C(C)NC(=O)C(C)(C)C)cc1F. The van der Waals surface area contributed by atoms with Crippen LogP contribution in [0.4, 0.5) is 4.39 Å². The number of halogens is 1. The summed E-state index contributed by atoms with van der Waals surface area (Å²) < 4.78 is 13.4. The fourth-order valence-electron chi connectivity index (χ4n) is 1.57. The molecule has 0 saturated heterocycles. The lowest BCUT2D eigenvalue weighted by molar-refractivity contribution is -0.133. The third-order valence-electron chi connectivity index (χ3n) is 3.13. The molecular weight excluding hydrogens is 271 g/mol. The summed E-state index contributed by atoms with van der Waals surface area (Å²) in [5, 5.41) is 5.33. The lowest BCUT2D eigenvalue weighted by Gasteiger charge is -2.21. The Morgan fingerprint density at radius 2 is 1.90 bits per heavy atom. The second kappa shape index (κ2) is 6.70. The van der Waals surface area contributed by atoms with Crippen LogP contribution in [0.1, 0.15) is 38.8 Å². The first kappa shape index (κ1) is 17.1. The van der Waals surface area contributed by atoms with E-state index in [1.807, 2.05) is 0 Å². The summed E-state index contributed by atoms with van der Waals surface area (Å²) in [6.45, 7) is 8.87. The number of nitrogens with one attached hydrogen (secondary N) is 2. The molecule has 1 rings (SSSR count). The predicted molar refractivity (Wildman–Crippen MR) is 80.0 cm³/mol. The molecule has 1 atom stereocenters. The Balaban J connectivity index is 2.53. The molecule has 1 unspecified atom stereocenters. The Morgan fingerprint density at radius 1 is 1.29 bits per heavy atom. The highest BCUT2D eigenvalue weighted by Gasteiger charge is 2.24. The predicted octanol–water partition coefficient (Wildman–Crippen LogP) is 2.30. The molecule has 4 nitrogen and oxygen atoms in total. The molecule has 0 aliphatic heterocycles. The van der Waals surface area contributed by atoms with E-state index >= 15 is 0 Å². The summed E-state index contributed by atoms with van der Waals surface area (Å²) >= 11 is 0. The van der Waals surface area contributed by atoms with Crippen LogP contribution in [0.15, 0.2) is 18.2 Å². The number of benzene rings is 1.